The maximum absolute atomic E-state index is 12.0. The molecule has 0 heterocycles. The molecule has 0 aliphatic heterocycles. The Kier molecular flexibility index (Phi) is 3.24. The van der Waals surface area contributed by atoms with Crippen LogP contribution in [-0.4, -0.2) is 11.6 Å². The summed E-state index contributed by atoms with van der Waals surface area (Å²) in [5.74, 6) is -0.551. The van der Waals surface area contributed by atoms with Crippen molar-refractivity contribution >= 4 is 16.8 Å². The number of ether oxygens (including phenoxy) is 1. The zero-order valence-electron chi connectivity index (χ0n) is 7.56. The number of alkyl halides is 3. The first-order valence-electron chi connectivity index (χ1n) is 3.86. The Bertz CT molecular complexity index is 387. The lowest BCUT2D eigenvalue weighted by Crippen LogP contribution is -2.19. The molecular weight excluding hydrogens is 233 g/mol. The topological polar surface area (TPSA) is 26.3 Å². The Labute approximate surface area is 88.6 Å². The highest BCUT2D eigenvalue weighted by Gasteiger charge is 2.33. The van der Waals surface area contributed by atoms with Gasteiger partial charge < -0.3 is 4.74 Å². The average molecular weight is 239 g/mol. The van der Waals surface area contributed by atoms with E-state index >= 15 is 0 Å². The molecule has 0 aromatic heterocycles. The van der Waals surface area contributed by atoms with Crippen LogP contribution in [0.1, 0.15) is 15.9 Å². The zero-order chi connectivity index (χ0) is 11.6. The highest BCUT2D eigenvalue weighted by atomic mass is 35.5. The van der Waals surface area contributed by atoms with Gasteiger partial charge in [0.2, 0.25) is 0 Å². The first-order chi connectivity index (χ1) is 6.81. The normalized spacial score (nSPS) is 11.3. The smallest absolute Gasteiger partial charge is 0.405 e. The third-order valence-electron chi connectivity index (χ3n) is 1.64. The molecule has 0 radical (unpaired) electrons. The predicted molar refractivity (Wildman–Crippen MR) is 48.0 cm³/mol. The van der Waals surface area contributed by atoms with Crippen LogP contribution in [0.3, 0.4) is 0 Å². The lowest BCUT2D eigenvalue weighted by atomic mass is 10.1. The molecule has 0 N–H and O–H groups in total. The highest BCUT2D eigenvalue weighted by molar-refractivity contribution is 6.68. The molecule has 0 spiro atoms. The monoisotopic (exact) mass is 238 g/mol. The molecule has 0 bridgehead atoms. The minimum atomic E-state index is -4.84. The van der Waals surface area contributed by atoms with E-state index in [9.17, 15) is 18.0 Å². The van der Waals surface area contributed by atoms with Crippen molar-refractivity contribution in [3.05, 3.63) is 29.3 Å². The number of carbonyl (C=O) groups is 1. The van der Waals surface area contributed by atoms with Crippen LogP contribution in [0, 0.1) is 6.92 Å². The average Bonchev–Trinajstić information content (AvgIpc) is 2.05. The van der Waals surface area contributed by atoms with E-state index in [1.54, 1.807) is 0 Å². The van der Waals surface area contributed by atoms with E-state index in [4.69, 9.17) is 11.6 Å². The third-order valence-corrected chi connectivity index (χ3v) is 1.85. The number of carbonyl (C=O) groups excluding carboxylic acids is 1. The minimum absolute atomic E-state index is 0.193. The summed E-state index contributed by atoms with van der Waals surface area (Å²) < 4.78 is 39.7. The van der Waals surface area contributed by atoms with E-state index in [0.717, 1.165) is 0 Å². The highest BCUT2D eigenvalue weighted by Crippen LogP contribution is 2.30. The second-order valence-electron chi connectivity index (χ2n) is 2.77. The summed E-state index contributed by atoms with van der Waals surface area (Å²) in [4.78, 5) is 10.8. The van der Waals surface area contributed by atoms with Crippen molar-refractivity contribution in [2.24, 2.45) is 0 Å². The van der Waals surface area contributed by atoms with Crippen molar-refractivity contribution in [3.8, 4) is 5.75 Å². The fourth-order valence-corrected chi connectivity index (χ4v) is 1.21. The molecule has 82 valence electrons. The second kappa shape index (κ2) is 4.10. The molecule has 0 atom stereocenters. The zero-order valence-corrected chi connectivity index (χ0v) is 8.32. The van der Waals surface area contributed by atoms with E-state index in [-0.39, 0.29) is 11.1 Å². The van der Waals surface area contributed by atoms with Crippen molar-refractivity contribution in [2.75, 3.05) is 0 Å². The van der Waals surface area contributed by atoms with Gasteiger partial charge in [-0.2, -0.15) is 0 Å². The van der Waals surface area contributed by atoms with Gasteiger partial charge in [-0.25, -0.2) is 0 Å². The summed E-state index contributed by atoms with van der Waals surface area (Å²) in [5, 5.41) is -0.988. The van der Waals surface area contributed by atoms with E-state index in [0.29, 0.717) is 0 Å². The van der Waals surface area contributed by atoms with Crippen molar-refractivity contribution in [1.29, 1.82) is 0 Å². The molecule has 0 saturated carbocycles. The lowest BCUT2D eigenvalue weighted by Gasteiger charge is -2.13. The Balaban J connectivity index is 3.19. The lowest BCUT2D eigenvalue weighted by molar-refractivity contribution is -0.274. The third kappa shape index (κ3) is 3.13. The van der Waals surface area contributed by atoms with Gasteiger partial charge in [-0.3, -0.25) is 4.79 Å². The fourth-order valence-electron chi connectivity index (χ4n) is 1.06. The molecule has 0 amide bonds. The van der Waals surface area contributed by atoms with Crippen molar-refractivity contribution in [2.45, 2.75) is 13.3 Å². The van der Waals surface area contributed by atoms with E-state index in [1.807, 2.05) is 0 Å². The number of hydrogen-bond acceptors (Lipinski definition) is 2. The first kappa shape index (κ1) is 11.8. The number of halogens is 4. The van der Waals surface area contributed by atoms with Crippen LogP contribution in [-0.2, 0) is 0 Å². The first-order valence-corrected chi connectivity index (χ1v) is 4.24. The molecule has 1 rings (SSSR count). The summed E-state index contributed by atoms with van der Waals surface area (Å²) in [5.41, 5.74) is -0.104. The standard InChI is InChI=1S/C9H6ClF3O2/c1-5-3-2-4-6(8(10)14)7(5)15-9(11,12)13/h2-4H,1H3. The Morgan fingerprint density at radius 3 is 2.47 bits per heavy atom. The number of hydrogen-bond donors (Lipinski definition) is 0. The second-order valence-corrected chi connectivity index (χ2v) is 3.12. The fraction of sp³-hybridized carbons (Fsp3) is 0.222. The van der Waals surface area contributed by atoms with Gasteiger partial charge in [-0.1, -0.05) is 12.1 Å². The maximum atomic E-state index is 12.0. The van der Waals surface area contributed by atoms with Gasteiger partial charge in [-0.15, -0.1) is 13.2 Å². The quantitative estimate of drug-likeness (QED) is 0.739. The van der Waals surface area contributed by atoms with Gasteiger partial charge >= 0.3 is 6.36 Å². The molecule has 0 fully saturated rings. The molecule has 0 aliphatic carbocycles. The Morgan fingerprint density at radius 2 is 2.00 bits per heavy atom. The molecule has 1 aromatic carbocycles. The number of rotatable bonds is 2. The van der Waals surface area contributed by atoms with Gasteiger partial charge in [0.15, 0.2) is 0 Å². The van der Waals surface area contributed by atoms with Gasteiger partial charge in [0.1, 0.15) is 5.75 Å². The van der Waals surface area contributed by atoms with Gasteiger partial charge in [0.05, 0.1) is 5.56 Å². The van der Waals surface area contributed by atoms with Gasteiger partial charge in [-0.05, 0) is 30.2 Å². The van der Waals surface area contributed by atoms with Gasteiger partial charge in [0.25, 0.3) is 5.24 Å². The molecule has 2 nitrogen and oxygen atoms in total. The summed E-state index contributed by atoms with van der Waals surface area (Å²) >= 11 is 5.12. The molecule has 1 aromatic rings. The van der Waals surface area contributed by atoms with Crippen LogP contribution in [0.2, 0.25) is 0 Å². The summed E-state index contributed by atoms with van der Waals surface area (Å²) in [6.45, 7) is 1.39. The Hall–Kier alpha value is -1.23. The SMILES string of the molecule is Cc1cccc(C(=O)Cl)c1OC(F)(F)F. The van der Waals surface area contributed by atoms with Crippen molar-refractivity contribution in [3.63, 3.8) is 0 Å². The number of benzene rings is 1. The molecule has 0 unspecified atom stereocenters. The van der Waals surface area contributed by atoms with Crippen LogP contribution >= 0.6 is 11.6 Å². The minimum Gasteiger partial charge on any atom is -0.405 e. The maximum Gasteiger partial charge on any atom is 0.573 e. The van der Waals surface area contributed by atoms with Crippen LogP contribution in [0.25, 0.3) is 0 Å². The summed E-state index contributed by atoms with van der Waals surface area (Å²) in [6, 6.07) is 3.99. The van der Waals surface area contributed by atoms with E-state index in [1.165, 1.54) is 25.1 Å². The van der Waals surface area contributed by atoms with Crippen LogP contribution in [0.15, 0.2) is 18.2 Å². The van der Waals surface area contributed by atoms with Crippen molar-refractivity contribution < 1.29 is 22.7 Å². The van der Waals surface area contributed by atoms with Gasteiger partial charge in [0, 0.05) is 0 Å². The molecule has 0 saturated heterocycles. The molecular formula is C9H6ClF3O2. The Morgan fingerprint density at radius 1 is 1.40 bits per heavy atom. The predicted octanol–water partition coefficient (Wildman–Crippen LogP) is 3.27. The van der Waals surface area contributed by atoms with Crippen LogP contribution in [0.4, 0.5) is 13.2 Å². The molecule has 6 heteroatoms. The summed E-state index contributed by atoms with van der Waals surface area (Å²) in [7, 11) is 0. The van der Waals surface area contributed by atoms with Crippen LogP contribution in [0.5, 0.6) is 5.75 Å². The largest absolute Gasteiger partial charge is 0.573 e. The van der Waals surface area contributed by atoms with Crippen molar-refractivity contribution in [1.82, 2.24) is 0 Å². The number of aryl methyl sites for hydroxylation is 1. The molecule has 0 aliphatic rings. The molecule has 15 heavy (non-hydrogen) atoms. The van der Waals surface area contributed by atoms with E-state index < -0.39 is 17.4 Å². The summed E-state index contributed by atoms with van der Waals surface area (Å²) in [6.07, 6.45) is -4.84. The number of para-hydroxylation sites is 1. The van der Waals surface area contributed by atoms with E-state index in [2.05, 4.69) is 4.74 Å². The van der Waals surface area contributed by atoms with Crippen LogP contribution < -0.4 is 4.74 Å².